The van der Waals surface area contributed by atoms with Crippen LogP contribution in [-0.2, 0) is 29.1 Å². The van der Waals surface area contributed by atoms with Gasteiger partial charge in [0.05, 0.1) is 16.5 Å². The van der Waals surface area contributed by atoms with Gasteiger partial charge in [0, 0.05) is 48.3 Å². The molecule has 6 N–H and O–H groups in total. The van der Waals surface area contributed by atoms with E-state index in [1.54, 1.807) is 10.3 Å². The van der Waals surface area contributed by atoms with Gasteiger partial charge in [0.2, 0.25) is 21.8 Å². The van der Waals surface area contributed by atoms with Crippen LogP contribution in [0.15, 0.2) is 35.7 Å². The van der Waals surface area contributed by atoms with Crippen LogP contribution in [0.5, 0.6) is 5.75 Å². The molecule has 6 atom stereocenters. The minimum atomic E-state index is -3.95. The molecule has 2 aromatic rings. The van der Waals surface area contributed by atoms with Gasteiger partial charge in [0.25, 0.3) is 11.8 Å². The highest BCUT2D eigenvalue weighted by Gasteiger charge is 2.63. The number of halogens is 1. The van der Waals surface area contributed by atoms with Gasteiger partial charge in [-0.25, -0.2) is 22.6 Å². The van der Waals surface area contributed by atoms with Gasteiger partial charge in [-0.1, -0.05) is 37.8 Å². The number of benzene rings is 1. The van der Waals surface area contributed by atoms with Crippen molar-refractivity contribution in [2.45, 2.75) is 105 Å². The predicted molar refractivity (Wildman–Crippen MR) is 213 cm³/mol. The maximum Gasteiger partial charge on any atom is 0.407 e. The van der Waals surface area contributed by atoms with Gasteiger partial charge in [-0.05, 0) is 69.6 Å². The van der Waals surface area contributed by atoms with Gasteiger partial charge in [-0.3, -0.25) is 23.9 Å². The van der Waals surface area contributed by atoms with Crippen molar-refractivity contribution in [3.63, 3.8) is 0 Å². The van der Waals surface area contributed by atoms with Crippen LogP contribution in [0.25, 0.3) is 11.3 Å². The van der Waals surface area contributed by atoms with Crippen molar-refractivity contribution in [1.29, 1.82) is 0 Å². The Kier molecular flexibility index (Phi) is 11.2. The van der Waals surface area contributed by atoms with Crippen molar-refractivity contribution in [1.82, 2.24) is 30.1 Å². The molecule has 2 saturated heterocycles. The summed E-state index contributed by atoms with van der Waals surface area (Å²) in [6.07, 6.45) is 10.4. The third-order valence-electron chi connectivity index (χ3n) is 12.8. The maximum absolute atomic E-state index is 14.7. The molecule has 3 saturated carbocycles. The van der Waals surface area contributed by atoms with E-state index in [1.807, 2.05) is 12.2 Å². The SMILES string of the molecule is NC1(COC(=O)N[C@@H]2CCCCC/C=C\[C@H]3C[C@@]3(C(=O)NS(=O)(=O)C3CC3)NC(=O)[C@@H]3[C@H]4CN(C(=O)c5nc(-c6ccc(O)c(F)c6)cs5)C[C@H]4CN3C2=O)CCCC1. The zero-order valence-electron chi connectivity index (χ0n) is 32.6. The summed E-state index contributed by atoms with van der Waals surface area (Å²) in [6, 6.07) is 1.60. The fraction of sp³-hybridized carbons (Fsp3) is 0.600. The summed E-state index contributed by atoms with van der Waals surface area (Å²) in [5.41, 5.74) is 4.95. The molecule has 16 nitrogen and oxygen atoms in total. The fourth-order valence-corrected chi connectivity index (χ4v) is 11.3. The summed E-state index contributed by atoms with van der Waals surface area (Å²) >= 11 is 1.07. The monoisotopic (exact) mass is 855 g/mol. The van der Waals surface area contributed by atoms with Crippen LogP contribution in [0.2, 0.25) is 0 Å². The Hall–Kier alpha value is -4.62. The predicted octanol–water partition coefficient (Wildman–Crippen LogP) is 2.92. The Balaban J connectivity index is 1.05. The first-order valence-corrected chi connectivity index (χ1v) is 22.9. The van der Waals surface area contributed by atoms with Crippen LogP contribution in [0.4, 0.5) is 9.18 Å². The van der Waals surface area contributed by atoms with Gasteiger partial charge < -0.3 is 36.0 Å². The van der Waals surface area contributed by atoms with Gasteiger partial charge in [-0.15, -0.1) is 11.3 Å². The van der Waals surface area contributed by atoms with Crippen molar-refractivity contribution in [3.8, 4) is 17.0 Å². The molecular weight excluding hydrogens is 806 g/mol. The molecule has 1 aromatic carbocycles. The number of nitrogens with zero attached hydrogens (tertiary/aromatic N) is 3. The number of phenols is 1. The zero-order valence-corrected chi connectivity index (χ0v) is 34.2. The number of nitrogens with one attached hydrogen (secondary N) is 3. The number of sulfonamides is 1. The normalized spacial score (nSPS) is 29.9. The Morgan fingerprint density at radius 1 is 1.07 bits per heavy atom. The molecule has 3 aliphatic carbocycles. The molecule has 59 heavy (non-hydrogen) atoms. The number of fused-ring (bicyclic) bond motifs is 4. The smallest absolute Gasteiger partial charge is 0.407 e. The summed E-state index contributed by atoms with van der Waals surface area (Å²) in [7, 11) is -3.95. The number of carbonyl (C=O) groups is 5. The number of alkyl carbamates (subject to hydrolysis) is 1. The Morgan fingerprint density at radius 2 is 1.85 bits per heavy atom. The highest BCUT2D eigenvalue weighted by Crippen LogP contribution is 2.47. The lowest BCUT2D eigenvalue weighted by Crippen LogP contribution is -2.60. The summed E-state index contributed by atoms with van der Waals surface area (Å²) in [5.74, 6) is -5.19. The number of ether oxygens (including phenoxy) is 1. The van der Waals surface area contributed by atoms with Crippen molar-refractivity contribution < 1.29 is 46.6 Å². The minimum absolute atomic E-state index is 0.00301. The highest BCUT2D eigenvalue weighted by molar-refractivity contribution is 7.91. The first-order chi connectivity index (χ1) is 28.2. The third kappa shape index (κ3) is 8.55. The average Bonchev–Trinajstić information content (AvgIpc) is 3.91. The number of amides is 5. The molecule has 3 aliphatic heterocycles. The lowest BCUT2D eigenvalue weighted by atomic mass is 9.93. The summed E-state index contributed by atoms with van der Waals surface area (Å²) in [4.78, 5) is 77.7. The van der Waals surface area contributed by atoms with Crippen molar-refractivity contribution >= 4 is 51.1 Å². The first kappa shape index (κ1) is 41.1. The molecule has 19 heteroatoms. The molecule has 6 aliphatic rings. The molecule has 5 fully saturated rings. The van der Waals surface area contributed by atoms with E-state index in [1.165, 1.54) is 17.0 Å². The van der Waals surface area contributed by atoms with E-state index in [9.17, 15) is 41.9 Å². The van der Waals surface area contributed by atoms with Gasteiger partial charge in [0.1, 0.15) is 24.2 Å². The number of allylic oxidation sites excluding steroid dienone is 1. The number of nitrogens with two attached hydrogens (primary N) is 1. The van der Waals surface area contributed by atoms with E-state index >= 15 is 0 Å². The second-order valence-corrected chi connectivity index (χ2v) is 19.9. The van der Waals surface area contributed by atoms with Gasteiger partial charge in [-0.2, -0.15) is 0 Å². The van der Waals surface area contributed by atoms with Crippen LogP contribution in [0, 0.1) is 23.6 Å². The Morgan fingerprint density at radius 3 is 2.59 bits per heavy atom. The highest BCUT2D eigenvalue weighted by atomic mass is 32.2. The Bertz CT molecular complexity index is 2160. The lowest BCUT2D eigenvalue weighted by molar-refractivity contribution is -0.142. The molecule has 0 radical (unpaired) electrons. The van der Waals surface area contributed by atoms with E-state index in [-0.39, 0.29) is 50.0 Å². The summed E-state index contributed by atoms with van der Waals surface area (Å²) in [5, 5.41) is 16.3. The molecule has 0 bridgehead atoms. The second-order valence-electron chi connectivity index (χ2n) is 17.1. The van der Waals surface area contributed by atoms with Crippen LogP contribution in [0.3, 0.4) is 0 Å². The largest absolute Gasteiger partial charge is 0.505 e. The second kappa shape index (κ2) is 16.1. The molecule has 5 amide bonds. The maximum atomic E-state index is 14.7. The van der Waals surface area contributed by atoms with Crippen LogP contribution >= 0.6 is 11.3 Å². The van der Waals surface area contributed by atoms with Crippen LogP contribution < -0.4 is 21.1 Å². The van der Waals surface area contributed by atoms with E-state index in [4.69, 9.17) is 10.5 Å². The van der Waals surface area contributed by atoms with Crippen molar-refractivity contribution in [2.24, 2.45) is 23.5 Å². The number of rotatable bonds is 8. The number of aromatic hydroxyl groups is 1. The number of carbonyl (C=O) groups excluding carboxylic acids is 5. The number of hydrogen-bond donors (Lipinski definition) is 5. The number of hydrogen-bond acceptors (Lipinski definition) is 12. The lowest BCUT2D eigenvalue weighted by Gasteiger charge is -2.33. The van der Waals surface area contributed by atoms with E-state index in [0.717, 1.165) is 55.9 Å². The van der Waals surface area contributed by atoms with E-state index in [0.29, 0.717) is 36.9 Å². The molecule has 8 rings (SSSR count). The number of likely N-dealkylation sites (tertiary alicyclic amines) is 1. The zero-order chi connectivity index (χ0) is 41.7. The van der Waals surface area contributed by atoms with Crippen LogP contribution in [-0.4, -0.2) is 113 Å². The number of phenolic OH excluding ortho intramolecular Hbond substituents is 1. The van der Waals surface area contributed by atoms with E-state index in [2.05, 4.69) is 20.3 Å². The molecular formula is C40H50FN7O9S2. The van der Waals surface area contributed by atoms with Crippen LogP contribution in [0.1, 0.15) is 86.9 Å². The summed E-state index contributed by atoms with van der Waals surface area (Å²) < 4.78 is 47.7. The molecule has 4 heterocycles. The molecule has 318 valence electrons. The molecule has 0 unspecified atom stereocenters. The first-order valence-electron chi connectivity index (χ1n) is 20.5. The topological polar surface area (TPSA) is 230 Å². The number of thiazole rings is 1. The van der Waals surface area contributed by atoms with E-state index < -0.39 is 91.6 Å². The van der Waals surface area contributed by atoms with Crippen molar-refractivity contribution in [3.05, 3.63) is 46.6 Å². The third-order valence-corrected chi connectivity index (χ3v) is 15.5. The Labute approximate surface area is 345 Å². The minimum Gasteiger partial charge on any atom is -0.505 e. The molecule has 1 aromatic heterocycles. The fourth-order valence-electron chi connectivity index (χ4n) is 9.16. The van der Waals surface area contributed by atoms with Gasteiger partial charge in [0.15, 0.2) is 16.6 Å². The van der Waals surface area contributed by atoms with Crippen molar-refractivity contribution in [2.75, 3.05) is 26.2 Å². The standard InChI is InChI=1S/C40H50FN7O9S2/c41-28-16-23(10-13-31(28)49)30-21-58-34(43-30)36(52)47-18-24-19-48-32(27(24)20-47)33(50)45-40(37(53)46-59(55,56)26-11-12-26)17-25(40)8-4-2-1-3-5-9-29(35(48)51)44-38(54)57-22-39(42)14-6-7-15-39/h4,8,10,13,16,21,24-27,29,32,49H,1-3,5-7,9,11-12,14-15,17-20,22,42H2,(H,44,54)(H,45,50)(H,46,53)/b8-4-/t24-,25-,27-,29+,32-,40+/m0/s1. The number of aromatic nitrogens is 1. The summed E-state index contributed by atoms with van der Waals surface area (Å²) in [6.45, 7) is 0.308. The molecule has 0 spiro atoms. The quantitative estimate of drug-likeness (QED) is 0.243. The van der Waals surface area contributed by atoms with Gasteiger partial charge >= 0.3 is 6.09 Å². The average molecular weight is 856 g/mol.